The Balaban J connectivity index is 2.56. The molecule has 0 aromatic heterocycles. The standard InChI is InChI=1S/C12H14ClNO4/c1-14-11(15)3-2-6-18-10-5-4-8(13)7-9(10)12(16)17/h4-5,7H,2-3,6H2,1H3,(H,14,15)(H,16,17). The van der Waals surface area contributed by atoms with Crippen LogP contribution in [0.2, 0.25) is 5.02 Å². The Morgan fingerprint density at radius 1 is 1.44 bits per heavy atom. The lowest BCUT2D eigenvalue weighted by Crippen LogP contribution is -2.18. The Kier molecular flexibility index (Phi) is 5.45. The van der Waals surface area contributed by atoms with Crippen LogP contribution in [0.25, 0.3) is 0 Å². The zero-order valence-electron chi connectivity index (χ0n) is 9.90. The highest BCUT2D eigenvalue weighted by Gasteiger charge is 2.11. The van der Waals surface area contributed by atoms with E-state index in [0.29, 0.717) is 17.9 Å². The third-order valence-corrected chi connectivity index (χ3v) is 2.49. The topological polar surface area (TPSA) is 75.6 Å². The summed E-state index contributed by atoms with van der Waals surface area (Å²) in [7, 11) is 1.56. The number of benzene rings is 1. The summed E-state index contributed by atoms with van der Waals surface area (Å²) in [5.41, 5.74) is 0.0162. The first-order valence-electron chi connectivity index (χ1n) is 5.41. The molecule has 98 valence electrons. The Morgan fingerprint density at radius 3 is 2.78 bits per heavy atom. The molecule has 0 unspecified atom stereocenters. The lowest BCUT2D eigenvalue weighted by Gasteiger charge is -2.09. The maximum atomic E-state index is 11.0. The van der Waals surface area contributed by atoms with Crippen LogP contribution < -0.4 is 10.1 Å². The molecule has 6 heteroatoms. The van der Waals surface area contributed by atoms with Crippen LogP contribution in [0.5, 0.6) is 5.75 Å². The van der Waals surface area contributed by atoms with Crippen LogP contribution in [0.4, 0.5) is 0 Å². The van der Waals surface area contributed by atoms with Crippen molar-refractivity contribution in [2.24, 2.45) is 0 Å². The average molecular weight is 272 g/mol. The van der Waals surface area contributed by atoms with Gasteiger partial charge < -0.3 is 15.2 Å². The van der Waals surface area contributed by atoms with Crippen LogP contribution in [0.15, 0.2) is 18.2 Å². The largest absolute Gasteiger partial charge is 0.493 e. The quantitative estimate of drug-likeness (QED) is 0.776. The Hall–Kier alpha value is -1.75. The molecule has 1 aromatic carbocycles. The minimum absolute atomic E-state index is 0.0162. The molecular weight excluding hydrogens is 258 g/mol. The molecular formula is C12H14ClNO4. The fraction of sp³-hybridized carbons (Fsp3) is 0.333. The molecule has 0 fully saturated rings. The highest BCUT2D eigenvalue weighted by Crippen LogP contribution is 2.23. The van der Waals surface area contributed by atoms with Gasteiger partial charge in [-0.3, -0.25) is 4.79 Å². The van der Waals surface area contributed by atoms with Gasteiger partial charge in [0.15, 0.2) is 0 Å². The molecule has 1 aromatic rings. The van der Waals surface area contributed by atoms with Crippen molar-refractivity contribution in [3.05, 3.63) is 28.8 Å². The van der Waals surface area contributed by atoms with Crippen LogP contribution in [-0.2, 0) is 4.79 Å². The van der Waals surface area contributed by atoms with E-state index in [-0.39, 0.29) is 23.8 Å². The first-order chi connectivity index (χ1) is 8.54. The molecule has 0 spiro atoms. The fourth-order valence-electron chi connectivity index (χ4n) is 1.34. The molecule has 0 bridgehead atoms. The summed E-state index contributed by atoms with van der Waals surface area (Å²) in [5, 5.41) is 11.8. The van der Waals surface area contributed by atoms with Gasteiger partial charge >= 0.3 is 5.97 Å². The third-order valence-electron chi connectivity index (χ3n) is 2.26. The SMILES string of the molecule is CNC(=O)CCCOc1ccc(Cl)cc1C(=O)O. The molecule has 5 nitrogen and oxygen atoms in total. The number of hydrogen-bond donors (Lipinski definition) is 2. The van der Waals surface area contributed by atoms with Crippen molar-refractivity contribution in [2.45, 2.75) is 12.8 Å². The minimum Gasteiger partial charge on any atom is -0.493 e. The number of halogens is 1. The molecule has 18 heavy (non-hydrogen) atoms. The van der Waals surface area contributed by atoms with Crippen molar-refractivity contribution in [1.82, 2.24) is 5.32 Å². The van der Waals surface area contributed by atoms with Gasteiger partial charge in [-0.15, -0.1) is 0 Å². The minimum atomic E-state index is -1.10. The second-order valence-corrected chi connectivity index (χ2v) is 4.01. The molecule has 0 radical (unpaired) electrons. The van der Waals surface area contributed by atoms with E-state index in [1.54, 1.807) is 13.1 Å². The summed E-state index contributed by atoms with van der Waals surface area (Å²) in [6.45, 7) is 0.273. The summed E-state index contributed by atoms with van der Waals surface area (Å²) in [6, 6.07) is 4.39. The Bertz CT molecular complexity index is 448. The van der Waals surface area contributed by atoms with Crippen LogP contribution in [-0.4, -0.2) is 30.6 Å². The number of nitrogens with one attached hydrogen (secondary N) is 1. The molecule has 0 aliphatic carbocycles. The van der Waals surface area contributed by atoms with Gasteiger partial charge in [-0.05, 0) is 24.6 Å². The number of carboxylic acid groups (broad SMARTS) is 1. The number of carbonyl (C=O) groups is 2. The molecule has 1 rings (SSSR count). The van der Waals surface area contributed by atoms with Crippen molar-refractivity contribution in [1.29, 1.82) is 0 Å². The van der Waals surface area contributed by atoms with Crippen molar-refractivity contribution >= 4 is 23.5 Å². The summed E-state index contributed by atoms with van der Waals surface area (Å²) in [6.07, 6.45) is 0.855. The van der Waals surface area contributed by atoms with Gasteiger partial charge in [0.2, 0.25) is 5.91 Å². The van der Waals surface area contributed by atoms with Crippen molar-refractivity contribution in [3.8, 4) is 5.75 Å². The number of aromatic carboxylic acids is 1. The lowest BCUT2D eigenvalue weighted by molar-refractivity contribution is -0.120. The summed E-state index contributed by atoms with van der Waals surface area (Å²) >= 11 is 5.71. The van der Waals surface area contributed by atoms with Gasteiger partial charge in [0.1, 0.15) is 11.3 Å². The number of amides is 1. The van der Waals surface area contributed by atoms with E-state index < -0.39 is 5.97 Å². The summed E-state index contributed by atoms with van der Waals surface area (Å²) < 4.78 is 5.33. The van der Waals surface area contributed by atoms with E-state index in [9.17, 15) is 9.59 Å². The van der Waals surface area contributed by atoms with Crippen molar-refractivity contribution in [2.75, 3.05) is 13.7 Å². The molecule has 2 N–H and O–H groups in total. The van der Waals surface area contributed by atoms with Crippen molar-refractivity contribution < 1.29 is 19.4 Å². The van der Waals surface area contributed by atoms with Gasteiger partial charge in [-0.1, -0.05) is 11.6 Å². The summed E-state index contributed by atoms with van der Waals surface area (Å²) in [5.74, 6) is -0.921. The van der Waals surface area contributed by atoms with Crippen LogP contribution in [0, 0.1) is 0 Å². The Morgan fingerprint density at radius 2 is 2.17 bits per heavy atom. The predicted molar refractivity (Wildman–Crippen MR) is 67.2 cm³/mol. The van der Waals surface area contributed by atoms with Crippen LogP contribution >= 0.6 is 11.6 Å². The van der Waals surface area contributed by atoms with E-state index in [4.69, 9.17) is 21.4 Å². The molecule has 1 amide bonds. The number of carboxylic acids is 1. The number of carbonyl (C=O) groups excluding carboxylic acids is 1. The molecule has 0 aliphatic rings. The Labute approximate surface area is 110 Å². The van der Waals surface area contributed by atoms with Crippen molar-refractivity contribution in [3.63, 3.8) is 0 Å². The van der Waals surface area contributed by atoms with Gasteiger partial charge in [0.05, 0.1) is 6.61 Å². The van der Waals surface area contributed by atoms with Gasteiger partial charge in [0, 0.05) is 18.5 Å². The number of rotatable bonds is 6. The zero-order valence-corrected chi connectivity index (χ0v) is 10.7. The predicted octanol–water partition coefficient (Wildman–Crippen LogP) is 1.94. The lowest BCUT2D eigenvalue weighted by atomic mass is 10.2. The van der Waals surface area contributed by atoms with E-state index in [0.717, 1.165) is 0 Å². The zero-order chi connectivity index (χ0) is 13.5. The summed E-state index contributed by atoms with van der Waals surface area (Å²) in [4.78, 5) is 21.9. The third kappa shape index (κ3) is 4.25. The normalized spacial score (nSPS) is 9.89. The smallest absolute Gasteiger partial charge is 0.339 e. The second kappa shape index (κ2) is 6.86. The molecule has 0 saturated heterocycles. The van der Waals surface area contributed by atoms with E-state index in [1.165, 1.54) is 12.1 Å². The van der Waals surface area contributed by atoms with Crippen LogP contribution in [0.1, 0.15) is 23.2 Å². The molecule has 0 saturated carbocycles. The first kappa shape index (κ1) is 14.3. The molecule has 0 heterocycles. The first-order valence-corrected chi connectivity index (χ1v) is 5.78. The molecule has 0 atom stereocenters. The van der Waals surface area contributed by atoms with Crippen LogP contribution in [0.3, 0.4) is 0 Å². The highest BCUT2D eigenvalue weighted by atomic mass is 35.5. The maximum Gasteiger partial charge on any atom is 0.339 e. The molecule has 0 aliphatic heterocycles. The van der Waals surface area contributed by atoms with E-state index in [1.807, 2.05) is 0 Å². The monoisotopic (exact) mass is 271 g/mol. The maximum absolute atomic E-state index is 11.0. The average Bonchev–Trinajstić information content (AvgIpc) is 2.35. The highest BCUT2D eigenvalue weighted by molar-refractivity contribution is 6.31. The fourth-order valence-corrected chi connectivity index (χ4v) is 1.51. The van der Waals surface area contributed by atoms with E-state index >= 15 is 0 Å². The second-order valence-electron chi connectivity index (χ2n) is 3.57. The number of hydrogen-bond acceptors (Lipinski definition) is 3. The van der Waals surface area contributed by atoms with Gasteiger partial charge in [-0.25, -0.2) is 4.79 Å². The number of ether oxygens (including phenoxy) is 1. The van der Waals surface area contributed by atoms with Gasteiger partial charge in [0.25, 0.3) is 0 Å². The van der Waals surface area contributed by atoms with Gasteiger partial charge in [-0.2, -0.15) is 0 Å². The van der Waals surface area contributed by atoms with E-state index in [2.05, 4.69) is 5.32 Å².